The molecule has 0 bridgehead atoms. The monoisotopic (exact) mass is 328 g/mol. The first-order valence-electron chi connectivity index (χ1n) is 7.90. The molecular formula is C17H20N4O3. The third-order valence-corrected chi connectivity index (χ3v) is 4.26. The van der Waals surface area contributed by atoms with E-state index in [-0.39, 0.29) is 11.7 Å². The molecule has 1 atom stereocenters. The van der Waals surface area contributed by atoms with Gasteiger partial charge in [0.2, 0.25) is 11.7 Å². The van der Waals surface area contributed by atoms with Crippen molar-refractivity contribution >= 4 is 11.8 Å². The second-order valence-electron chi connectivity index (χ2n) is 5.82. The standard InChI is InChI=1S/C17H20N4O3/c18-16(22)14-11-20(7-6-13-4-2-1-3-5-13)8-9-21(14)17(23)15-10-19-12-24-15/h1-5,10,12,14H,6-9,11H2,(H2,18,22)/t14-/m0/s1. The summed E-state index contributed by atoms with van der Waals surface area (Å²) in [6.07, 6.45) is 3.44. The molecule has 1 saturated heterocycles. The van der Waals surface area contributed by atoms with Gasteiger partial charge in [0.1, 0.15) is 6.04 Å². The third kappa shape index (κ3) is 3.62. The van der Waals surface area contributed by atoms with Crippen LogP contribution in [0, 0.1) is 0 Å². The normalized spacial score (nSPS) is 18.5. The minimum atomic E-state index is -0.660. The van der Waals surface area contributed by atoms with Gasteiger partial charge in [-0.3, -0.25) is 14.5 Å². The molecule has 0 radical (unpaired) electrons. The highest BCUT2D eigenvalue weighted by Crippen LogP contribution is 2.15. The van der Waals surface area contributed by atoms with Gasteiger partial charge in [-0.25, -0.2) is 4.98 Å². The summed E-state index contributed by atoms with van der Waals surface area (Å²) in [7, 11) is 0. The molecule has 1 aliphatic rings. The van der Waals surface area contributed by atoms with Crippen LogP contribution in [0.1, 0.15) is 16.1 Å². The van der Waals surface area contributed by atoms with Gasteiger partial charge in [0, 0.05) is 26.2 Å². The summed E-state index contributed by atoms with van der Waals surface area (Å²) in [5.74, 6) is -0.731. The number of nitrogens with two attached hydrogens (primary N) is 1. The van der Waals surface area contributed by atoms with Crippen LogP contribution in [0.5, 0.6) is 0 Å². The SMILES string of the molecule is NC(=O)[C@@H]1CN(CCc2ccccc2)CCN1C(=O)c1cnco1. The van der Waals surface area contributed by atoms with E-state index in [1.165, 1.54) is 23.1 Å². The smallest absolute Gasteiger partial charge is 0.292 e. The van der Waals surface area contributed by atoms with Crippen molar-refractivity contribution < 1.29 is 14.0 Å². The van der Waals surface area contributed by atoms with Crippen molar-refractivity contribution in [1.82, 2.24) is 14.8 Å². The fraction of sp³-hybridized carbons (Fsp3) is 0.353. The number of hydrogen-bond donors (Lipinski definition) is 1. The van der Waals surface area contributed by atoms with Crippen LogP contribution < -0.4 is 5.73 Å². The molecule has 7 nitrogen and oxygen atoms in total. The van der Waals surface area contributed by atoms with Gasteiger partial charge >= 0.3 is 0 Å². The summed E-state index contributed by atoms with van der Waals surface area (Å²) in [5, 5.41) is 0. The Morgan fingerprint density at radius 3 is 2.71 bits per heavy atom. The molecule has 7 heteroatoms. The summed E-state index contributed by atoms with van der Waals surface area (Å²) in [6.45, 7) is 2.37. The number of piperazine rings is 1. The Morgan fingerprint density at radius 1 is 1.25 bits per heavy atom. The number of amides is 2. The lowest BCUT2D eigenvalue weighted by atomic mass is 10.1. The van der Waals surface area contributed by atoms with E-state index in [0.717, 1.165) is 13.0 Å². The number of benzene rings is 1. The lowest BCUT2D eigenvalue weighted by molar-refractivity contribution is -0.124. The molecular weight excluding hydrogens is 308 g/mol. The molecule has 0 saturated carbocycles. The number of carbonyl (C=O) groups excluding carboxylic acids is 2. The largest absolute Gasteiger partial charge is 0.438 e. The topological polar surface area (TPSA) is 92.7 Å². The second kappa shape index (κ2) is 7.27. The number of oxazole rings is 1. The molecule has 24 heavy (non-hydrogen) atoms. The van der Waals surface area contributed by atoms with E-state index in [0.29, 0.717) is 19.6 Å². The van der Waals surface area contributed by atoms with Gasteiger partial charge < -0.3 is 15.1 Å². The Labute approximate surface area is 140 Å². The number of primary amides is 1. The lowest BCUT2D eigenvalue weighted by Crippen LogP contribution is -2.60. The van der Waals surface area contributed by atoms with Crippen molar-refractivity contribution in [3.63, 3.8) is 0 Å². The van der Waals surface area contributed by atoms with Crippen molar-refractivity contribution in [1.29, 1.82) is 0 Å². The molecule has 0 spiro atoms. The number of aromatic nitrogens is 1. The highest BCUT2D eigenvalue weighted by Gasteiger charge is 2.35. The summed E-state index contributed by atoms with van der Waals surface area (Å²) >= 11 is 0. The molecule has 1 aromatic carbocycles. The summed E-state index contributed by atoms with van der Waals surface area (Å²) in [4.78, 5) is 31.6. The molecule has 3 rings (SSSR count). The molecule has 1 fully saturated rings. The molecule has 2 N–H and O–H groups in total. The molecule has 2 amide bonds. The molecule has 0 aliphatic carbocycles. The van der Waals surface area contributed by atoms with E-state index in [2.05, 4.69) is 22.0 Å². The lowest BCUT2D eigenvalue weighted by Gasteiger charge is -2.39. The van der Waals surface area contributed by atoms with Crippen molar-refractivity contribution in [2.45, 2.75) is 12.5 Å². The van der Waals surface area contributed by atoms with Crippen LogP contribution in [0.3, 0.4) is 0 Å². The maximum Gasteiger partial charge on any atom is 0.292 e. The van der Waals surface area contributed by atoms with Crippen LogP contribution in [-0.2, 0) is 11.2 Å². The molecule has 0 unspecified atom stereocenters. The van der Waals surface area contributed by atoms with Gasteiger partial charge in [-0.1, -0.05) is 30.3 Å². The summed E-state index contributed by atoms with van der Waals surface area (Å²) < 4.78 is 5.04. The first-order chi connectivity index (χ1) is 11.6. The van der Waals surface area contributed by atoms with E-state index in [1.807, 2.05) is 18.2 Å². The quantitative estimate of drug-likeness (QED) is 0.864. The predicted molar refractivity (Wildman–Crippen MR) is 87.1 cm³/mol. The number of hydrogen-bond acceptors (Lipinski definition) is 5. The van der Waals surface area contributed by atoms with E-state index in [9.17, 15) is 9.59 Å². The summed E-state index contributed by atoms with van der Waals surface area (Å²) in [6, 6.07) is 9.50. The average molecular weight is 328 g/mol. The Balaban J connectivity index is 1.63. The zero-order chi connectivity index (χ0) is 16.9. The zero-order valence-corrected chi connectivity index (χ0v) is 13.3. The van der Waals surface area contributed by atoms with E-state index >= 15 is 0 Å². The van der Waals surface area contributed by atoms with Crippen molar-refractivity contribution in [3.8, 4) is 0 Å². The first kappa shape index (κ1) is 16.2. The Kier molecular flexibility index (Phi) is 4.90. The van der Waals surface area contributed by atoms with Gasteiger partial charge in [-0.2, -0.15) is 0 Å². The fourth-order valence-corrected chi connectivity index (χ4v) is 2.92. The van der Waals surface area contributed by atoms with E-state index < -0.39 is 11.9 Å². The van der Waals surface area contributed by atoms with Crippen LogP contribution in [0.4, 0.5) is 0 Å². The van der Waals surface area contributed by atoms with Gasteiger partial charge in [-0.05, 0) is 12.0 Å². The van der Waals surface area contributed by atoms with Crippen LogP contribution in [0.15, 0.2) is 47.3 Å². The van der Waals surface area contributed by atoms with Crippen LogP contribution >= 0.6 is 0 Å². The van der Waals surface area contributed by atoms with Gasteiger partial charge in [0.15, 0.2) is 6.39 Å². The Hall–Kier alpha value is -2.67. The maximum atomic E-state index is 12.4. The van der Waals surface area contributed by atoms with Gasteiger partial charge in [0.25, 0.3) is 5.91 Å². The predicted octanol–water partition coefficient (Wildman–Crippen LogP) is 0.529. The third-order valence-electron chi connectivity index (χ3n) is 4.26. The molecule has 1 aliphatic heterocycles. The van der Waals surface area contributed by atoms with Gasteiger partial charge in [-0.15, -0.1) is 0 Å². The van der Waals surface area contributed by atoms with Crippen LogP contribution in [-0.4, -0.2) is 58.8 Å². The summed E-state index contributed by atoms with van der Waals surface area (Å²) in [5.41, 5.74) is 6.76. The van der Waals surface area contributed by atoms with Crippen molar-refractivity contribution in [2.24, 2.45) is 5.73 Å². The molecule has 1 aromatic heterocycles. The second-order valence-corrected chi connectivity index (χ2v) is 5.82. The molecule has 2 aromatic rings. The van der Waals surface area contributed by atoms with E-state index in [4.69, 9.17) is 10.2 Å². The minimum Gasteiger partial charge on any atom is -0.438 e. The minimum absolute atomic E-state index is 0.124. The first-order valence-corrected chi connectivity index (χ1v) is 7.90. The van der Waals surface area contributed by atoms with E-state index in [1.54, 1.807) is 0 Å². The number of rotatable bonds is 5. The average Bonchev–Trinajstić information content (AvgIpc) is 3.14. The van der Waals surface area contributed by atoms with Gasteiger partial charge in [0.05, 0.1) is 6.20 Å². The highest BCUT2D eigenvalue weighted by molar-refractivity contribution is 5.95. The molecule has 126 valence electrons. The Bertz CT molecular complexity index is 687. The Morgan fingerprint density at radius 2 is 2.04 bits per heavy atom. The highest BCUT2D eigenvalue weighted by atomic mass is 16.3. The van der Waals surface area contributed by atoms with Crippen molar-refractivity contribution in [3.05, 3.63) is 54.2 Å². The zero-order valence-electron chi connectivity index (χ0n) is 13.3. The number of carbonyl (C=O) groups is 2. The van der Waals surface area contributed by atoms with Crippen LogP contribution in [0.2, 0.25) is 0 Å². The fourth-order valence-electron chi connectivity index (χ4n) is 2.92. The van der Waals surface area contributed by atoms with Crippen LogP contribution in [0.25, 0.3) is 0 Å². The molecule has 2 heterocycles. The number of nitrogens with zero attached hydrogens (tertiary/aromatic N) is 3. The van der Waals surface area contributed by atoms with Crippen molar-refractivity contribution in [2.75, 3.05) is 26.2 Å². The maximum absolute atomic E-state index is 12.4.